The van der Waals surface area contributed by atoms with Gasteiger partial charge in [-0.25, -0.2) is 13.6 Å². The van der Waals surface area contributed by atoms with Crippen molar-refractivity contribution >= 4 is 11.5 Å². The highest BCUT2D eigenvalue weighted by atomic mass is 19.3. The minimum atomic E-state index is -2.57. The average Bonchev–Trinajstić information content (AvgIpc) is 3.05. The zero-order valence-corrected chi connectivity index (χ0v) is 18.7. The van der Waals surface area contributed by atoms with E-state index in [1.165, 1.54) is 19.3 Å². The maximum absolute atomic E-state index is 13.4. The summed E-state index contributed by atoms with van der Waals surface area (Å²) < 4.78 is 33.9. The standard InChI is InChI=1S/C19H23F2NO3.C5H13N/c1-25-11-7-15-14(12-13-5-8-19(20,21)9-6-13)17(18(23)24)16-4-2-3-10-22(15)16;1-2-3-4-5-6/h2-4,10,13H,5-9,11-12H2,1H3,(H,23,24);2-6H2,1H3. The number of halogens is 2. The van der Waals surface area contributed by atoms with E-state index in [9.17, 15) is 18.7 Å². The van der Waals surface area contributed by atoms with Gasteiger partial charge in [0, 0.05) is 38.3 Å². The summed E-state index contributed by atoms with van der Waals surface area (Å²) in [6, 6.07) is 5.46. The minimum Gasteiger partial charge on any atom is -0.478 e. The van der Waals surface area contributed by atoms with Crippen LogP contribution in [0.25, 0.3) is 5.52 Å². The molecule has 2 aromatic rings. The molecule has 0 aromatic carbocycles. The number of hydrogen-bond donors (Lipinski definition) is 2. The van der Waals surface area contributed by atoms with Gasteiger partial charge in [-0.15, -0.1) is 0 Å². The third-order valence-electron chi connectivity index (χ3n) is 5.95. The van der Waals surface area contributed by atoms with Crippen LogP contribution in [0.4, 0.5) is 8.78 Å². The number of hydrogen-bond acceptors (Lipinski definition) is 3. The molecule has 0 saturated heterocycles. The summed E-state index contributed by atoms with van der Waals surface area (Å²) in [6.07, 6.45) is 7.37. The van der Waals surface area contributed by atoms with Gasteiger partial charge >= 0.3 is 5.97 Å². The van der Waals surface area contributed by atoms with Crippen molar-refractivity contribution in [2.24, 2.45) is 11.7 Å². The molecule has 3 N–H and O–H groups in total. The number of carboxylic acid groups (broad SMARTS) is 1. The predicted octanol–water partition coefficient (Wildman–Crippen LogP) is 5.33. The molecule has 31 heavy (non-hydrogen) atoms. The van der Waals surface area contributed by atoms with E-state index in [-0.39, 0.29) is 18.8 Å². The molecular weight excluding hydrogens is 402 g/mol. The summed E-state index contributed by atoms with van der Waals surface area (Å²) in [5, 5.41) is 9.75. The first-order chi connectivity index (χ1) is 14.8. The largest absolute Gasteiger partial charge is 0.478 e. The zero-order chi connectivity index (χ0) is 22.9. The minimum absolute atomic E-state index is 0.0939. The normalized spacial score (nSPS) is 16.2. The summed E-state index contributed by atoms with van der Waals surface area (Å²) in [5.74, 6) is -3.45. The lowest BCUT2D eigenvalue weighted by atomic mass is 9.82. The highest BCUT2D eigenvalue weighted by Gasteiger charge is 2.36. The maximum atomic E-state index is 13.4. The summed E-state index contributed by atoms with van der Waals surface area (Å²) in [6.45, 7) is 3.51. The van der Waals surface area contributed by atoms with Crippen molar-refractivity contribution in [3.05, 3.63) is 41.2 Å². The molecule has 0 aliphatic heterocycles. The summed E-state index contributed by atoms with van der Waals surface area (Å²) in [5.41, 5.74) is 7.84. The molecule has 0 radical (unpaired) electrons. The number of pyridine rings is 1. The number of fused-ring (bicyclic) bond motifs is 1. The molecule has 0 spiro atoms. The second kappa shape index (κ2) is 12.2. The first kappa shape index (κ1) is 25.3. The first-order valence-electron chi connectivity index (χ1n) is 11.3. The summed E-state index contributed by atoms with van der Waals surface area (Å²) in [4.78, 5) is 11.9. The van der Waals surface area contributed by atoms with Gasteiger partial charge in [0.2, 0.25) is 5.92 Å². The van der Waals surface area contributed by atoms with E-state index in [1.807, 2.05) is 22.7 Å². The Balaban J connectivity index is 0.000000501. The number of ether oxygens (including phenoxy) is 1. The molecule has 0 atom stereocenters. The van der Waals surface area contributed by atoms with E-state index in [2.05, 4.69) is 6.92 Å². The van der Waals surface area contributed by atoms with Crippen LogP contribution in [-0.2, 0) is 17.6 Å². The van der Waals surface area contributed by atoms with Crippen molar-refractivity contribution in [1.29, 1.82) is 0 Å². The Bertz CT molecular complexity index is 822. The van der Waals surface area contributed by atoms with Gasteiger partial charge in [-0.2, -0.15) is 0 Å². The van der Waals surface area contributed by atoms with Crippen LogP contribution in [0.2, 0.25) is 0 Å². The van der Waals surface area contributed by atoms with Crippen molar-refractivity contribution in [2.45, 2.75) is 70.6 Å². The van der Waals surface area contributed by atoms with Gasteiger partial charge in [0.15, 0.2) is 0 Å². The Kier molecular flexibility index (Phi) is 9.91. The number of alkyl halides is 2. The highest BCUT2D eigenvalue weighted by Crippen LogP contribution is 2.39. The number of nitrogens with two attached hydrogens (primary N) is 1. The van der Waals surface area contributed by atoms with E-state index >= 15 is 0 Å². The molecule has 7 heteroatoms. The number of rotatable bonds is 9. The van der Waals surface area contributed by atoms with Crippen LogP contribution in [0.15, 0.2) is 24.4 Å². The smallest absolute Gasteiger partial charge is 0.338 e. The fraction of sp³-hybridized carbons (Fsp3) is 0.625. The highest BCUT2D eigenvalue weighted by molar-refractivity contribution is 5.98. The topological polar surface area (TPSA) is 77.0 Å². The van der Waals surface area contributed by atoms with Gasteiger partial charge in [-0.1, -0.05) is 25.8 Å². The third kappa shape index (κ3) is 7.01. The zero-order valence-electron chi connectivity index (χ0n) is 18.7. The van der Waals surface area contributed by atoms with E-state index < -0.39 is 11.9 Å². The van der Waals surface area contributed by atoms with Gasteiger partial charge < -0.3 is 20.0 Å². The fourth-order valence-corrected chi connectivity index (χ4v) is 4.24. The molecule has 1 saturated carbocycles. The molecule has 174 valence electrons. The van der Waals surface area contributed by atoms with Crippen LogP contribution in [-0.4, -0.2) is 41.7 Å². The molecule has 2 heterocycles. The van der Waals surface area contributed by atoms with Crippen LogP contribution in [0.5, 0.6) is 0 Å². The maximum Gasteiger partial charge on any atom is 0.338 e. The van der Waals surface area contributed by atoms with Gasteiger partial charge in [0.25, 0.3) is 0 Å². The molecule has 0 unspecified atom stereocenters. The molecule has 3 rings (SSSR count). The number of unbranched alkanes of at least 4 members (excludes halogenated alkanes) is 2. The van der Waals surface area contributed by atoms with Crippen molar-refractivity contribution in [2.75, 3.05) is 20.3 Å². The lowest BCUT2D eigenvalue weighted by molar-refractivity contribution is -0.0456. The van der Waals surface area contributed by atoms with E-state index in [0.29, 0.717) is 43.4 Å². The SMILES string of the molecule is CCCCCN.COCCc1c(CC2CCC(F)(F)CC2)c(C(=O)O)c2ccccn12. The molecule has 1 fully saturated rings. The van der Waals surface area contributed by atoms with Gasteiger partial charge in [0.1, 0.15) is 0 Å². The van der Waals surface area contributed by atoms with Crippen LogP contribution in [0.3, 0.4) is 0 Å². The van der Waals surface area contributed by atoms with Gasteiger partial charge in [-0.3, -0.25) is 0 Å². The average molecular weight is 439 g/mol. The van der Waals surface area contributed by atoms with E-state index in [0.717, 1.165) is 17.8 Å². The predicted molar refractivity (Wildman–Crippen MR) is 119 cm³/mol. The fourth-order valence-electron chi connectivity index (χ4n) is 4.24. The number of carboxylic acids is 1. The molecule has 1 aliphatic rings. The van der Waals surface area contributed by atoms with Crippen LogP contribution in [0, 0.1) is 5.92 Å². The Morgan fingerprint density at radius 2 is 2.00 bits per heavy atom. The first-order valence-corrected chi connectivity index (χ1v) is 11.3. The molecular formula is C24H36F2N2O3. The Morgan fingerprint density at radius 3 is 2.55 bits per heavy atom. The van der Waals surface area contributed by atoms with Crippen molar-refractivity contribution in [1.82, 2.24) is 4.40 Å². The quantitative estimate of drug-likeness (QED) is 0.519. The second-order valence-electron chi connectivity index (χ2n) is 8.30. The molecule has 0 amide bonds. The Morgan fingerprint density at radius 1 is 1.29 bits per heavy atom. The summed E-state index contributed by atoms with van der Waals surface area (Å²) >= 11 is 0. The molecule has 5 nitrogen and oxygen atoms in total. The Hall–Kier alpha value is -1.99. The van der Waals surface area contributed by atoms with Crippen LogP contribution < -0.4 is 5.73 Å². The van der Waals surface area contributed by atoms with Gasteiger partial charge in [0.05, 0.1) is 17.7 Å². The Labute approximate surface area is 183 Å². The van der Waals surface area contributed by atoms with E-state index in [4.69, 9.17) is 10.5 Å². The lowest BCUT2D eigenvalue weighted by Gasteiger charge is -2.28. The molecule has 0 bridgehead atoms. The third-order valence-corrected chi connectivity index (χ3v) is 5.95. The van der Waals surface area contributed by atoms with Crippen molar-refractivity contribution < 1.29 is 23.4 Å². The number of aromatic nitrogens is 1. The number of aromatic carboxylic acids is 1. The number of carbonyl (C=O) groups is 1. The summed E-state index contributed by atoms with van der Waals surface area (Å²) in [7, 11) is 1.61. The van der Waals surface area contributed by atoms with Gasteiger partial charge in [-0.05, 0) is 55.8 Å². The lowest BCUT2D eigenvalue weighted by Crippen LogP contribution is -2.26. The number of nitrogens with zero attached hydrogens (tertiary/aromatic N) is 1. The molecule has 1 aliphatic carbocycles. The monoisotopic (exact) mass is 438 g/mol. The van der Waals surface area contributed by atoms with Crippen molar-refractivity contribution in [3.8, 4) is 0 Å². The van der Waals surface area contributed by atoms with Crippen molar-refractivity contribution in [3.63, 3.8) is 0 Å². The number of methoxy groups -OCH3 is 1. The van der Waals surface area contributed by atoms with Crippen LogP contribution >= 0.6 is 0 Å². The van der Waals surface area contributed by atoms with Crippen LogP contribution in [0.1, 0.15) is 73.5 Å². The second-order valence-corrected chi connectivity index (χ2v) is 8.30. The van der Waals surface area contributed by atoms with E-state index in [1.54, 1.807) is 13.2 Å². The molecule has 2 aromatic heterocycles.